The van der Waals surface area contributed by atoms with E-state index in [1.165, 1.54) is 23.0 Å². The molecule has 0 saturated carbocycles. The number of rotatable bonds is 4. The molecule has 6 nitrogen and oxygen atoms in total. The lowest BCUT2D eigenvalue weighted by Gasteiger charge is -2.04. The minimum Gasteiger partial charge on any atom is -0.256 e. The maximum absolute atomic E-state index is 12.1. The lowest BCUT2D eigenvalue weighted by Crippen LogP contribution is -2.18. The van der Waals surface area contributed by atoms with Crippen molar-refractivity contribution in [3.8, 4) is 0 Å². The summed E-state index contributed by atoms with van der Waals surface area (Å²) in [6.07, 6.45) is 1.30. The zero-order valence-electron chi connectivity index (χ0n) is 11.2. The second-order valence-electron chi connectivity index (χ2n) is 4.20. The van der Waals surface area contributed by atoms with E-state index in [0.717, 1.165) is 0 Å². The van der Waals surface area contributed by atoms with Crippen LogP contribution in [0.25, 0.3) is 0 Å². The van der Waals surface area contributed by atoms with Crippen LogP contribution in [0.3, 0.4) is 0 Å². The zero-order valence-corrected chi connectivity index (χ0v) is 13.5. The second kappa shape index (κ2) is 6.05. The van der Waals surface area contributed by atoms with Crippen LogP contribution >= 0.6 is 23.2 Å². The van der Waals surface area contributed by atoms with Gasteiger partial charge in [0.1, 0.15) is 10.0 Å². The molecule has 2 aromatic rings. The fraction of sp³-hybridized carbons (Fsp3) is 0.167. The van der Waals surface area contributed by atoms with Gasteiger partial charge < -0.3 is 0 Å². The average molecular weight is 347 g/mol. The minimum atomic E-state index is -3.83. The van der Waals surface area contributed by atoms with Crippen molar-refractivity contribution in [1.82, 2.24) is 14.6 Å². The molecule has 0 radical (unpaired) electrons. The third-order valence-electron chi connectivity index (χ3n) is 2.69. The van der Waals surface area contributed by atoms with Crippen LogP contribution in [-0.4, -0.2) is 24.4 Å². The molecule has 0 fully saturated rings. The summed E-state index contributed by atoms with van der Waals surface area (Å²) < 4.78 is 25.6. The van der Waals surface area contributed by atoms with Gasteiger partial charge in [-0.1, -0.05) is 35.3 Å². The first-order valence-electron chi connectivity index (χ1n) is 5.81. The molecule has 0 aliphatic heterocycles. The lowest BCUT2D eigenvalue weighted by atomic mass is 10.3. The molecule has 0 spiro atoms. The summed E-state index contributed by atoms with van der Waals surface area (Å²) in [7, 11) is -2.15. The van der Waals surface area contributed by atoms with Crippen molar-refractivity contribution in [3.05, 3.63) is 45.7 Å². The maximum atomic E-state index is 12.1. The van der Waals surface area contributed by atoms with Gasteiger partial charge in [0.15, 0.2) is 0 Å². The van der Waals surface area contributed by atoms with E-state index < -0.39 is 10.0 Å². The van der Waals surface area contributed by atoms with Crippen LogP contribution in [0.4, 0.5) is 0 Å². The topological polar surface area (TPSA) is 76.3 Å². The molecule has 0 unspecified atom stereocenters. The largest absolute Gasteiger partial charge is 0.278 e. The third-order valence-corrected chi connectivity index (χ3v) is 4.86. The molecular weight excluding hydrogens is 335 g/mol. The summed E-state index contributed by atoms with van der Waals surface area (Å²) >= 11 is 11.9. The Labute approximate surface area is 132 Å². The SMILES string of the molecule is Cc1nn(C)c(Cl)c1/C=N\NS(=O)(=O)c1ccccc1Cl. The Morgan fingerprint density at radius 3 is 2.57 bits per heavy atom. The Morgan fingerprint density at radius 1 is 1.33 bits per heavy atom. The fourth-order valence-corrected chi connectivity index (χ4v) is 3.20. The van der Waals surface area contributed by atoms with Gasteiger partial charge in [-0.2, -0.15) is 18.6 Å². The van der Waals surface area contributed by atoms with Crippen molar-refractivity contribution >= 4 is 39.4 Å². The van der Waals surface area contributed by atoms with Crippen molar-refractivity contribution < 1.29 is 8.42 Å². The summed E-state index contributed by atoms with van der Waals surface area (Å²) in [6, 6.07) is 6.10. The molecule has 9 heteroatoms. The van der Waals surface area contributed by atoms with E-state index in [-0.39, 0.29) is 9.92 Å². The Kier molecular flexibility index (Phi) is 4.55. The number of sulfonamides is 1. The molecule has 1 aromatic heterocycles. The molecule has 0 aliphatic carbocycles. The Hall–Kier alpha value is -1.57. The van der Waals surface area contributed by atoms with Gasteiger partial charge in [0.05, 0.1) is 22.5 Å². The smallest absolute Gasteiger partial charge is 0.256 e. The van der Waals surface area contributed by atoms with Gasteiger partial charge in [-0.05, 0) is 19.1 Å². The lowest BCUT2D eigenvalue weighted by molar-refractivity contribution is 0.584. The van der Waals surface area contributed by atoms with E-state index in [0.29, 0.717) is 16.4 Å². The van der Waals surface area contributed by atoms with Crippen LogP contribution < -0.4 is 4.83 Å². The van der Waals surface area contributed by atoms with Gasteiger partial charge in [0.2, 0.25) is 0 Å². The summed E-state index contributed by atoms with van der Waals surface area (Å²) in [5.74, 6) is 0. The van der Waals surface area contributed by atoms with E-state index in [1.807, 2.05) is 0 Å². The van der Waals surface area contributed by atoms with Gasteiger partial charge in [-0.3, -0.25) is 4.68 Å². The summed E-state index contributed by atoms with van der Waals surface area (Å²) in [4.78, 5) is 2.05. The number of hydrogen-bond acceptors (Lipinski definition) is 4. The third kappa shape index (κ3) is 3.37. The molecule has 0 bridgehead atoms. The molecule has 0 saturated heterocycles. The van der Waals surface area contributed by atoms with Gasteiger partial charge in [-0.15, -0.1) is 0 Å². The number of nitrogens with one attached hydrogen (secondary N) is 1. The summed E-state index contributed by atoms with van der Waals surface area (Å²) in [6.45, 7) is 1.75. The summed E-state index contributed by atoms with van der Waals surface area (Å²) in [5, 5.41) is 8.29. The number of nitrogens with zero attached hydrogens (tertiary/aromatic N) is 3. The Bertz CT molecular complexity index is 800. The van der Waals surface area contributed by atoms with Crippen molar-refractivity contribution in [2.75, 3.05) is 0 Å². The van der Waals surface area contributed by atoms with Crippen LogP contribution in [0.5, 0.6) is 0 Å². The van der Waals surface area contributed by atoms with Gasteiger partial charge in [0.25, 0.3) is 10.0 Å². The average Bonchev–Trinajstić information content (AvgIpc) is 2.65. The number of aryl methyl sites for hydroxylation is 2. The molecule has 112 valence electrons. The van der Waals surface area contributed by atoms with Crippen LogP contribution in [-0.2, 0) is 17.1 Å². The van der Waals surface area contributed by atoms with Gasteiger partial charge >= 0.3 is 0 Å². The molecular formula is C12H12Cl2N4O2S. The van der Waals surface area contributed by atoms with Crippen molar-refractivity contribution in [1.29, 1.82) is 0 Å². The first kappa shape index (κ1) is 15.8. The van der Waals surface area contributed by atoms with E-state index in [4.69, 9.17) is 23.2 Å². The number of halogens is 2. The number of hydrazone groups is 1. The summed E-state index contributed by atoms with van der Waals surface area (Å²) in [5.41, 5.74) is 1.18. The first-order chi connectivity index (χ1) is 9.83. The minimum absolute atomic E-state index is 0.0437. The van der Waals surface area contributed by atoms with Crippen LogP contribution in [0.15, 0.2) is 34.3 Å². The van der Waals surface area contributed by atoms with E-state index in [9.17, 15) is 8.42 Å². The van der Waals surface area contributed by atoms with E-state index in [1.54, 1.807) is 26.1 Å². The van der Waals surface area contributed by atoms with Crippen LogP contribution in [0.2, 0.25) is 10.2 Å². The highest BCUT2D eigenvalue weighted by atomic mass is 35.5. The number of hydrogen-bond donors (Lipinski definition) is 1. The van der Waals surface area contributed by atoms with Crippen molar-refractivity contribution in [2.24, 2.45) is 12.1 Å². The Morgan fingerprint density at radius 2 is 2.00 bits per heavy atom. The van der Waals surface area contributed by atoms with Crippen LogP contribution in [0.1, 0.15) is 11.3 Å². The fourth-order valence-electron chi connectivity index (χ4n) is 1.67. The molecule has 1 N–H and O–H groups in total. The van der Waals surface area contributed by atoms with E-state index >= 15 is 0 Å². The van der Waals surface area contributed by atoms with Gasteiger partial charge in [0, 0.05) is 7.05 Å². The molecule has 0 amide bonds. The molecule has 1 aromatic carbocycles. The normalized spacial score (nSPS) is 12.0. The quantitative estimate of drug-likeness (QED) is 0.681. The highest BCUT2D eigenvalue weighted by Crippen LogP contribution is 2.20. The standard InChI is InChI=1S/C12H12Cl2N4O2S/c1-8-9(12(14)18(2)16-8)7-15-17-21(19,20)11-6-4-3-5-10(11)13/h3-7,17H,1-2H3/b15-7-. The predicted molar refractivity (Wildman–Crippen MR) is 82.3 cm³/mol. The molecule has 1 heterocycles. The van der Waals surface area contributed by atoms with E-state index in [2.05, 4.69) is 15.0 Å². The van der Waals surface area contributed by atoms with Crippen molar-refractivity contribution in [2.45, 2.75) is 11.8 Å². The molecule has 2 rings (SSSR count). The highest BCUT2D eigenvalue weighted by molar-refractivity contribution is 7.89. The first-order valence-corrected chi connectivity index (χ1v) is 8.05. The monoisotopic (exact) mass is 346 g/mol. The maximum Gasteiger partial charge on any atom is 0.278 e. The molecule has 0 atom stereocenters. The van der Waals surface area contributed by atoms with Crippen molar-refractivity contribution in [3.63, 3.8) is 0 Å². The van der Waals surface area contributed by atoms with Gasteiger partial charge in [-0.25, -0.2) is 4.83 Å². The Balaban J connectivity index is 2.23. The zero-order chi connectivity index (χ0) is 15.6. The second-order valence-corrected chi connectivity index (χ2v) is 6.59. The molecule has 0 aliphatic rings. The number of aromatic nitrogens is 2. The predicted octanol–water partition coefficient (Wildman–Crippen LogP) is 2.35. The highest BCUT2D eigenvalue weighted by Gasteiger charge is 2.16. The number of benzene rings is 1. The molecule has 21 heavy (non-hydrogen) atoms. The van der Waals surface area contributed by atoms with Crippen LogP contribution in [0, 0.1) is 6.92 Å².